The first-order valence-corrected chi connectivity index (χ1v) is 8.42. The van der Waals surface area contributed by atoms with Crippen LogP contribution in [0.4, 0.5) is 17.6 Å². The Morgan fingerprint density at radius 2 is 1.25 bits per heavy atom. The van der Waals surface area contributed by atoms with E-state index in [4.69, 9.17) is 9.05 Å². The van der Waals surface area contributed by atoms with Gasteiger partial charge in [0.05, 0.1) is 19.3 Å². The summed E-state index contributed by atoms with van der Waals surface area (Å²) >= 11 is 0. The van der Waals surface area contributed by atoms with E-state index in [-0.39, 0.29) is 0 Å². The minimum Gasteiger partial charge on any atom is -0.465 e. The second-order valence-corrected chi connectivity index (χ2v) is 7.14. The Kier molecular flexibility index (Phi) is 6.55. The maximum Gasteiger partial charge on any atom is 0.368 e. The molecule has 0 unspecified atom stereocenters. The Balaban J connectivity index is 3.74. The molecule has 0 bridgehead atoms. The molecular formula is C14H17F4O5P. The Morgan fingerprint density at radius 1 is 0.875 bits per heavy atom. The molecule has 24 heavy (non-hydrogen) atoms. The summed E-state index contributed by atoms with van der Waals surface area (Å²) in [5.74, 6) is -9.80. The van der Waals surface area contributed by atoms with Gasteiger partial charge in [0.2, 0.25) is 0 Å². The van der Waals surface area contributed by atoms with Crippen molar-refractivity contribution >= 4 is 18.9 Å². The summed E-state index contributed by atoms with van der Waals surface area (Å²) in [6.07, 6.45) is -1.67. The smallest absolute Gasteiger partial charge is 0.368 e. The predicted molar refractivity (Wildman–Crippen MR) is 77.3 cm³/mol. The SMILES string of the molecule is COC(=O)c1c(F)c(F)c(P(=O)(OC(C)C)OC(C)C)c(F)c1F. The highest BCUT2D eigenvalue weighted by molar-refractivity contribution is 7.62. The van der Waals surface area contributed by atoms with E-state index >= 15 is 0 Å². The van der Waals surface area contributed by atoms with E-state index in [0.717, 1.165) is 7.11 Å². The first kappa shape index (κ1) is 20.6. The van der Waals surface area contributed by atoms with Crippen LogP contribution in [0.15, 0.2) is 0 Å². The second-order valence-electron chi connectivity index (χ2n) is 5.28. The van der Waals surface area contributed by atoms with Gasteiger partial charge in [0.1, 0.15) is 10.9 Å². The van der Waals surface area contributed by atoms with Crippen molar-refractivity contribution in [2.75, 3.05) is 7.11 Å². The highest BCUT2D eigenvalue weighted by atomic mass is 31.2. The van der Waals surface area contributed by atoms with Crippen molar-refractivity contribution in [2.45, 2.75) is 39.9 Å². The fourth-order valence-electron chi connectivity index (χ4n) is 1.83. The van der Waals surface area contributed by atoms with Crippen molar-refractivity contribution in [2.24, 2.45) is 0 Å². The largest absolute Gasteiger partial charge is 0.465 e. The molecule has 1 aromatic rings. The van der Waals surface area contributed by atoms with Gasteiger partial charge in [-0.25, -0.2) is 22.4 Å². The van der Waals surface area contributed by atoms with Crippen LogP contribution in [0.1, 0.15) is 38.1 Å². The minimum atomic E-state index is -4.75. The summed E-state index contributed by atoms with van der Waals surface area (Å²) in [7, 11) is -3.98. The van der Waals surface area contributed by atoms with Gasteiger partial charge in [-0.05, 0) is 27.7 Å². The molecule has 0 aliphatic heterocycles. The van der Waals surface area contributed by atoms with Crippen LogP contribution in [0.2, 0.25) is 0 Å². The zero-order valence-electron chi connectivity index (χ0n) is 13.7. The van der Waals surface area contributed by atoms with E-state index in [1.54, 1.807) is 0 Å². The minimum absolute atomic E-state index is 0.777. The van der Waals surface area contributed by atoms with Gasteiger partial charge < -0.3 is 13.8 Å². The van der Waals surface area contributed by atoms with Gasteiger partial charge in [-0.1, -0.05) is 0 Å². The summed E-state index contributed by atoms with van der Waals surface area (Å²) in [5, 5.41) is -1.53. The van der Waals surface area contributed by atoms with Crippen LogP contribution in [0.5, 0.6) is 0 Å². The first-order chi connectivity index (χ1) is 11.0. The lowest BCUT2D eigenvalue weighted by molar-refractivity contribution is 0.0586. The Hall–Kier alpha value is -1.44. The molecule has 1 aromatic carbocycles. The lowest BCUT2D eigenvalue weighted by Crippen LogP contribution is -2.27. The molecule has 0 heterocycles. The summed E-state index contributed by atoms with van der Waals surface area (Å²) in [6.45, 7) is 5.56. The van der Waals surface area contributed by atoms with Crippen LogP contribution in [0.25, 0.3) is 0 Å². The molecule has 1 rings (SSSR count). The molecule has 10 heteroatoms. The zero-order valence-corrected chi connectivity index (χ0v) is 14.5. The Labute approximate surface area is 136 Å². The quantitative estimate of drug-likeness (QED) is 0.330. The second kappa shape index (κ2) is 7.63. The normalized spacial score (nSPS) is 12.1. The van der Waals surface area contributed by atoms with Crippen LogP contribution in [-0.4, -0.2) is 25.3 Å². The molecule has 0 spiro atoms. The fraction of sp³-hybridized carbons (Fsp3) is 0.500. The molecule has 0 saturated heterocycles. The van der Waals surface area contributed by atoms with E-state index in [1.807, 2.05) is 0 Å². The lowest BCUT2D eigenvalue weighted by Gasteiger charge is -2.24. The number of carbonyl (C=O) groups excluding carboxylic acids is 1. The van der Waals surface area contributed by atoms with Crippen LogP contribution < -0.4 is 5.30 Å². The molecule has 0 amide bonds. The topological polar surface area (TPSA) is 61.8 Å². The summed E-state index contributed by atoms with van der Waals surface area (Å²) in [5.41, 5.74) is -1.57. The predicted octanol–water partition coefficient (Wildman–Crippen LogP) is 3.70. The van der Waals surface area contributed by atoms with E-state index in [0.29, 0.717) is 0 Å². The molecule has 0 aliphatic carbocycles. The third kappa shape index (κ3) is 3.96. The maximum absolute atomic E-state index is 14.3. The number of benzene rings is 1. The highest BCUT2D eigenvalue weighted by Crippen LogP contribution is 2.51. The lowest BCUT2D eigenvalue weighted by atomic mass is 10.2. The van der Waals surface area contributed by atoms with Gasteiger partial charge in [0.25, 0.3) is 0 Å². The number of ether oxygens (including phenoxy) is 1. The maximum atomic E-state index is 14.3. The van der Waals surface area contributed by atoms with E-state index in [9.17, 15) is 26.9 Å². The highest BCUT2D eigenvalue weighted by Gasteiger charge is 2.42. The summed E-state index contributed by atoms with van der Waals surface area (Å²) in [4.78, 5) is 11.3. The molecule has 5 nitrogen and oxygen atoms in total. The average Bonchev–Trinajstić information content (AvgIpc) is 2.43. The zero-order chi connectivity index (χ0) is 18.8. The first-order valence-electron chi connectivity index (χ1n) is 6.87. The van der Waals surface area contributed by atoms with Crippen molar-refractivity contribution in [3.8, 4) is 0 Å². The van der Waals surface area contributed by atoms with E-state index in [2.05, 4.69) is 4.74 Å². The molecule has 0 radical (unpaired) electrons. The number of hydrogen-bond acceptors (Lipinski definition) is 5. The fourth-order valence-corrected chi connectivity index (χ4v) is 3.88. The van der Waals surface area contributed by atoms with Crippen LogP contribution >= 0.6 is 7.60 Å². The average molecular weight is 372 g/mol. The number of rotatable bonds is 6. The van der Waals surface area contributed by atoms with Gasteiger partial charge in [-0.3, -0.25) is 4.57 Å². The Bertz CT molecular complexity index is 647. The molecule has 0 saturated carbocycles. The van der Waals surface area contributed by atoms with Crippen LogP contribution in [0.3, 0.4) is 0 Å². The van der Waals surface area contributed by atoms with Gasteiger partial charge in [-0.15, -0.1) is 0 Å². The number of esters is 1. The molecule has 0 N–H and O–H groups in total. The molecular weight excluding hydrogens is 355 g/mol. The molecule has 0 aromatic heterocycles. The number of halogens is 4. The van der Waals surface area contributed by atoms with E-state index < -0.39 is 59.9 Å². The number of methoxy groups -OCH3 is 1. The van der Waals surface area contributed by atoms with Gasteiger partial charge >= 0.3 is 13.6 Å². The van der Waals surface area contributed by atoms with Crippen molar-refractivity contribution in [1.29, 1.82) is 0 Å². The van der Waals surface area contributed by atoms with Crippen molar-refractivity contribution in [3.63, 3.8) is 0 Å². The van der Waals surface area contributed by atoms with Crippen molar-refractivity contribution in [1.82, 2.24) is 0 Å². The summed E-state index contributed by atoms with van der Waals surface area (Å²) in [6, 6.07) is 0. The van der Waals surface area contributed by atoms with Gasteiger partial charge in [-0.2, -0.15) is 0 Å². The molecule has 136 valence electrons. The van der Waals surface area contributed by atoms with Gasteiger partial charge in [0.15, 0.2) is 23.3 Å². The van der Waals surface area contributed by atoms with Crippen molar-refractivity contribution < 1.29 is 40.7 Å². The standard InChI is InChI=1S/C14H17F4O5P/c1-6(2)22-24(20,23-7(3)4)13-11(17)9(15)8(14(19)21-5)10(16)12(13)18/h6-7H,1-5H3. The Morgan fingerprint density at radius 3 is 1.54 bits per heavy atom. The summed E-state index contributed by atoms with van der Waals surface area (Å²) < 4.78 is 83.3. The van der Waals surface area contributed by atoms with Crippen molar-refractivity contribution in [3.05, 3.63) is 28.8 Å². The number of hydrogen-bond donors (Lipinski definition) is 0. The number of carbonyl (C=O) groups is 1. The molecule has 0 aliphatic rings. The van der Waals surface area contributed by atoms with Gasteiger partial charge in [0, 0.05) is 0 Å². The third-order valence-electron chi connectivity index (χ3n) is 2.60. The monoisotopic (exact) mass is 372 g/mol. The van der Waals surface area contributed by atoms with Crippen LogP contribution in [0, 0.1) is 23.3 Å². The third-order valence-corrected chi connectivity index (χ3v) is 4.94. The molecule has 0 atom stereocenters. The van der Waals surface area contributed by atoms with E-state index in [1.165, 1.54) is 27.7 Å². The molecule has 0 fully saturated rings. The van der Waals surface area contributed by atoms with Crippen LogP contribution in [-0.2, 0) is 18.3 Å².